The van der Waals surface area contributed by atoms with E-state index in [4.69, 9.17) is 28.4 Å². The Balaban J connectivity index is 1.40. The number of rotatable bonds is 5. The fourth-order valence-electron chi connectivity index (χ4n) is 5.80. The molecule has 0 N–H and O–H groups in total. The van der Waals surface area contributed by atoms with Crippen molar-refractivity contribution in [3.05, 3.63) is 35.7 Å². The molecule has 3 heterocycles. The lowest BCUT2D eigenvalue weighted by atomic mass is 9.96. The van der Waals surface area contributed by atoms with Gasteiger partial charge in [0.05, 0.1) is 18.1 Å². The molecule has 218 valence electrons. The van der Waals surface area contributed by atoms with Gasteiger partial charge in [0.15, 0.2) is 18.3 Å². The number of piperidine rings is 1. The zero-order valence-corrected chi connectivity index (χ0v) is 22.8. The van der Waals surface area contributed by atoms with Crippen molar-refractivity contribution in [1.82, 2.24) is 14.9 Å². The highest BCUT2D eigenvalue weighted by Gasteiger charge is 2.56. The lowest BCUT2D eigenvalue weighted by molar-refractivity contribution is -0.289. The smallest absolute Gasteiger partial charge is 0.412 e. The van der Waals surface area contributed by atoms with E-state index in [9.17, 15) is 24.0 Å². The fourth-order valence-corrected chi connectivity index (χ4v) is 5.80. The number of likely N-dealkylation sites (tertiary alicyclic amines) is 1. The topological polar surface area (TPSA) is 170 Å². The average Bonchev–Trinajstić information content (AvgIpc) is 3.17. The van der Waals surface area contributed by atoms with Crippen LogP contribution in [-0.2, 0) is 47.6 Å². The van der Waals surface area contributed by atoms with Crippen LogP contribution in [-0.4, -0.2) is 95.7 Å². The Morgan fingerprint density at radius 3 is 1.80 bits per heavy atom. The van der Waals surface area contributed by atoms with Gasteiger partial charge in [-0.3, -0.25) is 24.4 Å². The van der Waals surface area contributed by atoms with E-state index in [1.165, 1.54) is 4.90 Å². The van der Waals surface area contributed by atoms with Crippen LogP contribution in [0.2, 0.25) is 0 Å². The first kappa shape index (κ1) is 28.2. The van der Waals surface area contributed by atoms with E-state index in [0.717, 1.165) is 56.5 Å². The summed E-state index contributed by atoms with van der Waals surface area (Å²) in [6, 6.07) is 4.00. The largest absolute Gasteiger partial charge is 0.467 e. The van der Waals surface area contributed by atoms with Gasteiger partial charge in [-0.2, -0.15) is 0 Å². The monoisotopic (exact) mass is 571 g/mol. The van der Waals surface area contributed by atoms with Crippen molar-refractivity contribution in [3.63, 3.8) is 0 Å². The summed E-state index contributed by atoms with van der Waals surface area (Å²) in [6.45, 7) is 3.91. The fraction of sp³-hybridized carbons (Fsp3) is 0.519. The summed E-state index contributed by atoms with van der Waals surface area (Å²) < 4.78 is 32.0. The molecule has 41 heavy (non-hydrogen) atoms. The highest BCUT2D eigenvalue weighted by molar-refractivity contribution is 5.78. The van der Waals surface area contributed by atoms with Crippen LogP contribution >= 0.6 is 0 Å². The van der Waals surface area contributed by atoms with E-state index in [1.807, 2.05) is 12.1 Å². The molecular formula is C27H29N3O11. The van der Waals surface area contributed by atoms with Crippen LogP contribution in [0.25, 0.3) is 11.0 Å². The number of ether oxygens (including phenoxy) is 6. The number of carbonyl (C=O) groups is 5. The van der Waals surface area contributed by atoms with Gasteiger partial charge in [-0.05, 0) is 29.7 Å². The number of fused-ring (bicyclic) bond motifs is 6. The summed E-state index contributed by atoms with van der Waals surface area (Å²) in [5.41, 5.74) is 3.71. The van der Waals surface area contributed by atoms with Gasteiger partial charge in [0.25, 0.3) is 0 Å². The van der Waals surface area contributed by atoms with E-state index in [2.05, 4.69) is 9.97 Å². The Kier molecular flexibility index (Phi) is 7.76. The highest BCUT2D eigenvalue weighted by atomic mass is 16.8. The molecule has 1 amide bonds. The Morgan fingerprint density at radius 1 is 0.780 bits per heavy atom. The van der Waals surface area contributed by atoms with Crippen molar-refractivity contribution in [2.24, 2.45) is 0 Å². The van der Waals surface area contributed by atoms with Gasteiger partial charge in [-0.25, -0.2) is 9.59 Å². The first-order valence-electron chi connectivity index (χ1n) is 13.0. The van der Waals surface area contributed by atoms with Gasteiger partial charge in [0, 0.05) is 58.1 Å². The second kappa shape index (κ2) is 11.3. The molecule has 0 unspecified atom stereocenters. The molecule has 2 bridgehead atoms. The van der Waals surface area contributed by atoms with Crippen LogP contribution in [0.5, 0.6) is 0 Å². The summed E-state index contributed by atoms with van der Waals surface area (Å²) in [5, 5.41) is 0. The molecular weight excluding hydrogens is 542 g/mol. The Morgan fingerprint density at radius 2 is 1.29 bits per heavy atom. The average molecular weight is 572 g/mol. The SMILES string of the molecule is COC(=O)[C@H]1O[C@@H](OC(=O)N2C[C@H]3C[C@H](C2)c2cc4nccnc4cc23)[C@H](OC(C)=O)[C@@H](OC(C)=O)[C@@H]1OC(C)=O. The minimum atomic E-state index is -1.70. The number of aromatic nitrogens is 2. The van der Waals surface area contributed by atoms with Gasteiger partial charge in [-0.15, -0.1) is 0 Å². The molecule has 1 aromatic heterocycles. The van der Waals surface area contributed by atoms with Gasteiger partial charge < -0.3 is 33.3 Å². The van der Waals surface area contributed by atoms with E-state index >= 15 is 0 Å². The molecule has 7 atom stereocenters. The lowest BCUT2D eigenvalue weighted by Gasteiger charge is -2.43. The number of amides is 1. The van der Waals surface area contributed by atoms with Gasteiger partial charge in [0.1, 0.15) is 0 Å². The summed E-state index contributed by atoms with van der Waals surface area (Å²) in [7, 11) is 1.08. The molecule has 0 radical (unpaired) electrons. The Bertz CT molecular complexity index is 1350. The third-order valence-electron chi connectivity index (χ3n) is 7.31. The van der Waals surface area contributed by atoms with Gasteiger partial charge in [-0.1, -0.05) is 0 Å². The first-order valence-corrected chi connectivity index (χ1v) is 13.0. The third-order valence-corrected chi connectivity index (χ3v) is 7.31. The molecule has 2 aromatic rings. The maximum atomic E-state index is 13.5. The van der Waals surface area contributed by atoms with Crippen molar-refractivity contribution in [3.8, 4) is 0 Å². The van der Waals surface area contributed by atoms with E-state index in [0.29, 0.717) is 13.1 Å². The van der Waals surface area contributed by atoms with Crippen LogP contribution < -0.4 is 0 Å². The molecule has 2 aliphatic heterocycles. The maximum Gasteiger partial charge on any atom is 0.412 e. The van der Waals surface area contributed by atoms with E-state index < -0.39 is 60.7 Å². The molecule has 2 saturated heterocycles. The summed E-state index contributed by atoms with van der Waals surface area (Å²) in [4.78, 5) is 72.2. The number of esters is 4. The van der Waals surface area contributed by atoms with Crippen molar-refractivity contribution in [2.45, 2.75) is 69.7 Å². The molecule has 3 aliphatic rings. The minimum absolute atomic E-state index is 0.0317. The Labute approximate surface area is 234 Å². The number of carbonyl (C=O) groups excluding carboxylic acids is 5. The molecule has 1 aromatic carbocycles. The predicted molar refractivity (Wildman–Crippen MR) is 135 cm³/mol. The van der Waals surface area contributed by atoms with Crippen LogP contribution in [0.4, 0.5) is 4.79 Å². The van der Waals surface area contributed by atoms with E-state index in [1.54, 1.807) is 12.4 Å². The number of hydrogen-bond acceptors (Lipinski definition) is 13. The standard InChI is InChI=1S/C27H29N3O11/c1-12(31)37-21-22(38-13(2)32)24(39-14(3)33)26(40-23(21)25(34)36-4)41-27(35)30-10-15-7-16(11-30)18-9-20-19(8-17(15)18)28-5-6-29-20/h5-6,8-9,15-16,21-24,26H,7,10-11H2,1-4H3/t15-,16-,21+,22+,23+,24-,26+/m1/s1. The van der Waals surface area contributed by atoms with Crippen LogP contribution in [0.15, 0.2) is 24.5 Å². The number of benzene rings is 1. The predicted octanol–water partition coefficient (Wildman–Crippen LogP) is 1.35. The zero-order valence-electron chi connectivity index (χ0n) is 22.8. The molecule has 0 spiro atoms. The zero-order chi connectivity index (χ0) is 29.4. The molecule has 2 fully saturated rings. The second-order valence-corrected chi connectivity index (χ2v) is 10.1. The first-order chi connectivity index (χ1) is 19.5. The highest BCUT2D eigenvalue weighted by Crippen LogP contribution is 2.47. The minimum Gasteiger partial charge on any atom is -0.467 e. The lowest BCUT2D eigenvalue weighted by Crippen LogP contribution is -2.64. The van der Waals surface area contributed by atoms with E-state index in [-0.39, 0.29) is 11.8 Å². The maximum absolute atomic E-state index is 13.5. The number of methoxy groups -OCH3 is 1. The van der Waals surface area contributed by atoms with Crippen LogP contribution in [0.1, 0.15) is 50.2 Å². The van der Waals surface area contributed by atoms with Crippen molar-refractivity contribution >= 4 is 41.0 Å². The normalized spacial score (nSPS) is 28.3. The van der Waals surface area contributed by atoms with Crippen molar-refractivity contribution in [2.75, 3.05) is 20.2 Å². The second-order valence-electron chi connectivity index (χ2n) is 10.1. The quantitative estimate of drug-likeness (QED) is 0.372. The molecule has 5 rings (SSSR count). The summed E-state index contributed by atoms with van der Waals surface area (Å²) >= 11 is 0. The molecule has 14 heteroatoms. The van der Waals surface area contributed by atoms with Crippen molar-refractivity contribution < 1.29 is 52.4 Å². The van der Waals surface area contributed by atoms with Gasteiger partial charge in [0.2, 0.25) is 12.4 Å². The summed E-state index contributed by atoms with van der Waals surface area (Å²) in [5.74, 6) is -3.41. The molecule has 1 aliphatic carbocycles. The number of hydrogen-bond donors (Lipinski definition) is 0. The molecule has 14 nitrogen and oxygen atoms in total. The van der Waals surface area contributed by atoms with Crippen LogP contribution in [0, 0.1) is 0 Å². The summed E-state index contributed by atoms with van der Waals surface area (Å²) in [6.07, 6.45) is -4.74. The molecule has 0 saturated carbocycles. The number of nitrogens with zero attached hydrogens (tertiary/aromatic N) is 3. The van der Waals surface area contributed by atoms with Crippen molar-refractivity contribution in [1.29, 1.82) is 0 Å². The third kappa shape index (κ3) is 5.64. The van der Waals surface area contributed by atoms with Gasteiger partial charge >= 0.3 is 30.0 Å². The van der Waals surface area contributed by atoms with Crippen LogP contribution in [0.3, 0.4) is 0 Å². The Hall–Kier alpha value is -4.33.